The highest BCUT2D eigenvalue weighted by Gasteiger charge is 2.06. The summed E-state index contributed by atoms with van der Waals surface area (Å²) in [5, 5.41) is 4.51. The zero-order valence-electron chi connectivity index (χ0n) is 7.67. The van der Waals surface area contributed by atoms with Gasteiger partial charge in [0.25, 0.3) is 6.43 Å². The van der Waals surface area contributed by atoms with Gasteiger partial charge >= 0.3 is 0 Å². The van der Waals surface area contributed by atoms with Gasteiger partial charge in [-0.2, -0.15) is 0 Å². The maximum atomic E-state index is 12.2. The monoisotopic (exact) mass is 215 g/mol. The zero-order chi connectivity index (χ0) is 10.6. The minimum Gasteiger partial charge on any atom is -0.387 e. The number of benzene rings is 1. The fourth-order valence-corrected chi connectivity index (χ4v) is 1.37. The Morgan fingerprint density at radius 2 is 1.93 bits per heavy atom. The van der Waals surface area contributed by atoms with E-state index in [1.807, 2.05) is 0 Å². The molecule has 4 heteroatoms. The van der Waals surface area contributed by atoms with E-state index < -0.39 is 6.43 Å². The lowest BCUT2D eigenvalue weighted by atomic mass is 10.1. The van der Waals surface area contributed by atoms with Gasteiger partial charge in [0.15, 0.2) is 0 Å². The van der Waals surface area contributed by atoms with Gasteiger partial charge in [0.2, 0.25) is 0 Å². The van der Waals surface area contributed by atoms with E-state index in [9.17, 15) is 8.78 Å². The maximum absolute atomic E-state index is 12.2. The van der Waals surface area contributed by atoms with Crippen LogP contribution in [0.2, 0.25) is 0 Å². The second-order valence-electron chi connectivity index (χ2n) is 2.72. The third-order valence-electron chi connectivity index (χ3n) is 1.87. The quantitative estimate of drug-likeness (QED) is 0.738. The molecule has 0 amide bonds. The van der Waals surface area contributed by atoms with Crippen molar-refractivity contribution in [3.63, 3.8) is 0 Å². The van der Waals surface area contributed by atoms with E-state index in [1.165, 1.54) is 12.1 Å². The first-order valence-corrected chi connectivity index (χ1v) is 4.61. The zero-order valence-corrected chi connectivity index (χ0v) is 8.56. The van der Waals surface area contributed by atoms with Crippen LogP contribution in [0.5, 0.6) is 0 Å². The molecule has 0 aliphatic heterocycles. The molecule has 14 heavy (non-hydrogen) atoms. The first-order valence-electron chi connectivity index (χ1n) is 4.09. The van der Waals surface area contributed by atoms with Crippen LogP contribution in [0.4, 0.5) is 8.78 Å². The second kappa shape index (κ2) is 5.00. The fraction of sp³-hybridized carbons (Fsp3) is 0.200. The molecule has 0 aromatic heterocycles. The van der Waals surface area contributed by atoms with Crippen molar-refractivity contribution in [3.05, 3.63) is 40.8 Å². The molecule has 0 radical (unpaired) electrons. The molecular weight excluding hydrogens is 204 g/mol. The van der Waals surface area contributed by atoms with Crippen molar-refractivity contribution in [2.75, 3.05) is 7.05 Å². The molecule has 1 aromatic rings. The highest BCUT2D eigenvalue weighted by atomic mass is 32.1. The van der Waals surface area contributed by atoms with Crippen LogP contribution in [0.25, 0.3) is 5.70 Å². The Morgan fingerprint density at radius 3 is 2.29 bits per heavy atom. The Labute approximate surface area is 87.2 Å². The molecule has 0 spiro atoms. The molecule has 0 unspecified atom stereocenters. The van der Waals surface area contributed by atoms with Crippen LogP contribution in [0.1, 0.15) is 17.6 Å². The minimum absolute atomic E-state index is 0.0309. The third kappa shape index (κ3) is 2.48. The van der Waals surface area contributed by atoms with Gasteiger partial charge in [-0.15, -0.1) is 12.6 Å². The predicted octanol–water partition coefficient (Wildman–Crippen LogP) is 3.07. The average Bonchev–Trinajstić information content (AvgIpc) is 2.20. The first kappa shape index (κ1) is 11.0. The van der Waals surface area contributed by atoms with Gasteiger partial charge in [0.1, 0.15) is 0 Å². The van der Waals surface area contributed by atoms with Crippen LogP contribution >= 0.6 is 12.6 Å². The van der Waals surface area contributed by atoms with Gasteiger partial charge in [-0.25, -0.2) is 8.78 Å². The Morgan fingerprint density at radius 1 is 1.36 bits per heavy atom. The Hall–Kier alpha value is -1.03. The molecule has 1 nitrogen and oxygen atoms in total. The van der Waals surface area contributed by atoms with Crippen LogP contribution in [-0.4, -0.2) is 7.05 Å². The molecule has 1 rings (SSSR count). The van der Waals surface area contributed by atoms with Crippen LogP contribution in [-0.2, 0) is 0 Å². The number of rotatable bonds is 3. The molecule has 0 atom stereocenters. The van der Waals surface area contributed by atoms with Crippen molar-refractivity contribution >= 4 is 18.3 Å². The summed E-state index contributed by atoms with van der Waals surface area (Å²) in [4.78, 5) is 0. The van der Waals surface area contributed by atoms with E-state index in [0.29, 0.717) is 0 Å². The van der Waals surface area contributed by atoms with Crippen LogP contribution in [0, 0.1) is 0 Å². The molecule has 0 saturated carbocycles. The van der Waals surface area contributed by atoms with E-state index in [4.69, 9.17) is 0 Å². The molecule has 1 N–H and O–H groups in total. The largest absolute Gasteiger partial charge is 0.387 e. The fourth-order valence-electron chi connectivity index (χ4n) is 1.09. The van der Waals surface area contributed by atoms with Gasteiger partial charge in [-0.05, 0) is 11.0 Å². The first-order chi connectivity index (χ1) is 6.69. The highest BCUT2D eigenvalue weighted by Crippen LogP contribution is 2.20. The number of hydrogen-bond donors (Lipinski definition) is 2. The highest BCUT2D eigenvalue weighted by molar-refractivity contribution is 7.83. The molecule has 0 bridgehead atoms. The van der Waals surface area contributed by atoms with Crippen LogP contribution in [0.15, 0.2) is 29.7 Å². The number of hydrogen-bond acceptors (Lipinski definition) is 2. The van der Waals surface area contributed by atoms with E-state index >= 15 is 0 Å². The SMILES string of the molecule is CN/C(=C\S)c1ccc(C(F)F)cc1. The van der Waals surface area contributed by atoms with Crippen molar-refractivity contribution in [3.8, 4) is 0 Å². The number of halogens is 2. The van der Waals surface area contributed by atoms with Crippen LogP contribution < -0.4 is 5.32 Å². The summed E-state index contributed by atoms with van der Waals surface area (Å²) in [7, 11) is 1.75. The summed E-state index contributed by atoms with van der Waals surface area (Å²) in [6.07, 6.45) is -2.41. The van der Waals surface area contributed by atoms with Crippen molar-refractivity contribution < 1.29 is 8.78 Å². The second-order valence-corrected chi connectivity index (χ2v) is 2.97. The normalized spacial score (nSPS) is 11.9. The summed E-state index contributed by atoms with van der Waals surface area (Å²) >= 11 is 4.00. The molecular formula is C10H11F2NS. The standard InChI is InChI=1S/C10H11F2NS/c1-13-9(6-14)7-2-4-8(5-3-7)10(11)12/h2-6,10,13-14H,1H3/b9-6-. The van der Waals surface area contributed by atoms with E-state index in [1.54, 1.807) is 24.6 Å². The summed E-state index contributed by atoms with van der Waals surface area (Å²) in [5.74, 6) is 0. The van der Waals surface area contributed by atoms with Crippen molar-refractivity contribution in [2.45, 2.75) is 6.43 Å². The lowest BCUT2D eigenvalue weighted by Crippen LogP contribution is -2.03. The summed E-state index contributed by atoms with van der Waals surface area (Å²) < 4.78 is 24.4. The summed E-state index contributed by atoms with van der Waals surface area (Å²) in [5.41, 5.74) is 1.67. The molecule has 0 aliphatic carbocycles. The molecule has 0 aliphatic rings. The molecule has 1 aromatic carbocycles. The number of alkyl halides is 2. The van der Waals surface area contributed by atoms with Crippen molar-refractivity contribution in [1.29, 1.82) is 0 Å². The lowest BCUT2D eigenvalue weighted by molar-refractivity contribution is 0.151. The van der Waals surface area contributed by atoms with Crippen LogP contribution in [0.3, 0.4) is 0 Å². The van der Waals surface area contributed by atoms with Gasteiger partial charge in [0.05, 0.1) is 0 Å². The Bertz CT molecular complexity index is 319. The number of thiol groups is 1. The smallest absolute Gasteiger partial charge is 0.263 e. The third-order valence-corrected chi connectivity index (χ3v) is 2.13. The maximum Gasteiger partial charge on any atom is 0.263 e. The minimum atomic E-state index is -2.41. The molecule has 0 fully saturated rings. The van der Waals surface area contributed by atoms with Crippen molar-refractivity contribution in [2.24, 2.45) is 0 Å². The lowest BCUT2D eigenvalue weighted by Gasteiger charge is -2.06. The van der Waals surface area contributed by atoms with E-state index in [-0.39, 0.29) is 5.56 Å². The molecule has 76 valence electrons. The topological polar surface area (TPSA) is 12.0 Å². The van der Waals surface area contributed by atoms with Crippen molar-refractivity contribution in [1.82, 2.24) is 5.32 Å². The van der Waals surface area contributed by atoms with Gasteiger partial charge in [-0.1, -0.05) is 24.3 Å². The van der Waals surface area contributed by atoms with Gasteiger partial charge in [0, 0.05) is 18.3 Å². The van der Waals surface area contributed by atoms with E-state index in [2.05, 4.69) is 17.9 Å². The average molecular weight is 215 g/mol. The van der Waals surface area contributed by atoms with Gasteiger partial charge in [-0.3, -0.25) is 0 Å². The summed E-state index contributed by atoms with van der Waals surface area (Å²) in [6, 6.07) is 6.10. The Kier molecular flexibility index (Phi) is 3.95. The van der Waals surface area contributed by atoms with E-state index in [0.717, 1.165) is 11.3 Å². The Balaban J connectivity index is 2.93. The molecule has 0 heterocycles. The summed E-state index contributed by atoms with van der Waals surface area (Å²) in [6.45, 7) is 0. The predicted molar refractivity (Wildman–Crippen MR) is 57.4 cm³/mol. The molecule has 0 saturated heterocycles. The van der Waals surface area contributed by atoms with Gasteiger partial charge < -0.3 is 5.32 Å². The number of nitrogens with one attached hydrogen (secondary N) is 1.